The highest BCUT2D eigenvalue weighted by molar-refractivity contribution is 6.04. The van der Waals surface area contributed by atoms with Crippen LogP contribution in [0.2, 0.25) is 0 Å². The molecule has 0 aliphatic rings. The predicted molar refractivity (Wildman–Crippen MR) is 171 cm³/mol. The van der Waals surface area contributed by atoms with Gasteiger partial charge in [-0.3, -0.25) is 70.4 Å². The summed E-state index contributed by atoms with van der Waals surface area (Å²) in [4.78, 5) is 76.1. The van der Waals surface area contributed by atoms with Gasteiger partial charge in [-0.25, -0.2) is 0 Å². The van der Waals surface area contributed by atoms with Gasteiger partial charge in [0.15, 0.2) is 5.69 Å². The fourth-order valence-electron chi connectivity index (χ4n) is 4.54. The number of hydrogen-bond donors (Lipinski definition) is 1. The highest BCUT2D eigenvalue weighted by atomic mass is 16.6. The largest absolute Gasteiger partial charge is 0.344 e. The van der Waals surface area contributed by atoms with E-state index >= 15 is 0 Å². The molecule has 0 spiro atoms. The summed E-state index contributed by atoms with van der Waals surface area (Å²) < 4.78 is 0. The molecule has 0 radical (unpaired) electrons. The van der Waals surface area contributed by atoms with Gasteiger partial charge in [-0.15, -0.1) is 0 Å². The second kappa shape index (κ2) is 13.7. The number of rotatable bonds is 12. The molecule has 4 aromatic carbocycles. The van der Waals surface area contributed by atoms with E-state index in [9.17, 15) is 65.5 Å². The Kier molecular flexibility index (Phi) is 9.58. The van der Waals surface area contributed by atoms with Crippen LogP contribution in [0, 0.1) is 60.7 Å². The van der Waals surface area contributed by atoms with E-state index in [0.29, 0.717) is 40.3 Å². The number of carbonyl (C=O) groups excluding carboxylic acids is 1. The Morgan fingerprint density at radius 2 is 0.939 bits per heavy atom. The van der Waals surface area contributed by atoms with Crippen LogP contribution in [0.3, 0.4) is 0 Å². The van der Waals surface area contributed by atoms with Crippen LogP contribution in [-0.2, 0) is 4.79 Å². The molecule has 0 saturated heterocycles. The van der Waals surface area contributed by atoms with Gasteiger partial charge in [0.2, 0.25) is 11.6 Å². The molecule has 248 valence electrons. The van der Waals surface area contributed by atoms with Crippen LogP contribution in [-0.4, -0.2) is 35.4 Å². The van der Waals surface area contributed by atoms with Crippen molar-refractivity contribution in [3.8, 4) is 0 Å². The SMILES string of the molecule is CC(=O)N(c1ccc(/C=C/c2ccc(Nc3c([N+](=O)[O-])cc([N+](=O)[O-])cc3[N+](=O)[O-])cc2)cc1)c1c([N+](=O)[O-])cc([N+](=O)[O-])cc1[N+](=O)[O-]. The molecule has 0 unspecified atom stereocenters. The molecule has 0 saturated carbocycles. The van der Waals surface area contributed by atoms with Crippen molar-refractivity contribution in [2.24, 2.45) is 0 Å². The van der Waals surface area contributed by atoms with E-state index in [0.717, 1.165) is 6.92 Å². The molecule has 49 heavy (non-hydrogen) atoms. The maximum atomic E-state index is 12.6. The van der Waals surface area contributed by atoms with Crippen LogP contribution in [0.15, 0.2) is 72.8 Å². The van der Waals surface area contributed by atoms with Crippen molar-refractivity contribution < 1.29 is 34.3 Å². The molecule has 4 aromatic rings. The predicted octanol–water partition coefficient (Wildman–Crippen LogP) is 6.73. The van der Waals surface area contributed by atoms with Crippen LogP contribution < -0.4 is 10.2 Å². The highest BCUT2D eigenvalue weighted by Gasteiger charge is 2.36. The molecule has 4 rings (SSSR count). The number of nitrogens with zero attached hydrogens (tertiary/aromatic N) is 7. The van der Waals surface area contributed by atoms with Gasteiger partial charge in [-0.1, -0.05) is 36.4 Å². The molecule has 1 N–H and O–H groups in total. The lowest BCUT2D eigenvalue weighted by Crippen LogP contribution is -2.24. The normalized spacial score (nSPS) is 10.7. The summed E-state index contributed by atoms with van der Waals surface area (Å²) in [6.45, 7) is 0.999. The summed E-state index contributed by atoms with van der Waals surface area (Å²) in [6.07, 6.45) is 3.22. The zero-order chi connectivity index (χ0) is 36.2. The monoisotopic (exact) mass is 674 g/mol. The number of benzene rings is 4. The average molecular weight is 674 g/mol. The number of nitro groups is 6. The Labute approximate surface area is 271 Å². The van der Waals surface area contributed by atoms with E-state index in [1.807, 2.05) is 0 Å². The number of nitro benzene ring substituents is 6. The van der Waals surface area contributed by atoms with Crippen molar-refractivity contribution >= 4 is 74.9 Å². The van der Waals surface area contributed by atoms with Gasteiger partial charge in [0.05, 0.1) is 53.8 Å². The molecule has 21 heteroatoms. The van der Waals surface area contributed by atoms with Crippen LogP contribution >= 0.6 is 0 Å². The van der Waals surface area contributed by atoms with E-state index in [1.54, 1.807) is 24.3 Å². The molecule has 21 nitrogen and oxygen atoms in total. The number of anilines is 4. The average Bonchev–Trinajstić information content (AvgIpc) is 3.04. The smallest absolute Gasteiger partial charge is 0.307 e. The van der Waals surface area contributed by atoms with Crippen molar-refractivity contribution in [3.05, 3.63) is 145 Å². The second-order valence-electron chi connectivity index (χ2n) is 9.76. The van der Waals surface area contributed by atoms with Crippen molar-refractivity contribution in [1.29, 1.82) is 0 Å². The maximum absolute atomic E-state index is 12.6. The van der Waals surface area contributed by atoms with Crippen molar-refractivity contribution in [2.75, 3.05) is 10.2 Å². The topological polar surface area (TPSA) is 291 Å². The molecule has 0 aromatic heterocycles. The standard InChI is InChI=1S/C28H18N8O13/c1-16(37)30(28-25(35(46)47)14-22(32(40)41)15-26(28)36(48)49)20-10-6-18(7-11-20)3-2-17-4-8-19(9-5-17)29-27-23(33(42)43)12-21(31(38)39)13-24(27)34(44)45/h2-15,29H,1H3/b3-2+. The Morgan fingerprint density at radius 1 is 0.571 bits per heavy atom. The maximum Gasteiger partial charge on any atom is 0.307 e. The van der Waals surface area contributed by atoms with Crippen LogP contribution in [0.1, 0.15) is 18.1 Å². The summed E-state index contributed by atoms with van der Waals surface area (Å²) in [5.74, 6) is -0.860. The third kappa shape index (κ3) is 7.41. The molecule has 0 atom stereocenters. The number of nitrogens with one attached hydrogen (secondary N) is 1. The van der Waals surface area contributed by atoms with Gasteiger partial charge in [0.1, 0.15) is 0 Å². The van der Waals surface area contributed by atoms with Crippen LogP contribution in [0.25, 0.3) is 12.2 Å². The Bertz CT molecular complexity index is 2030. The first-order chi connectivity index (χ1) is 23.1. The lowest BCUT2D eigenvalue weighted by molar-refractivity contribution is -0.402. The van der Waals surface area contributed by atoms with E-state index in [2.05, 4.69) is 5.32 Å². The Hall–Kier alpha value is -7.71. The Morgan fingerprint density at radius 3 is 1.29 bits per heavy atom. The van der Waals surface area contributed by atoms with E-state index in [4.69, 9.17) is 0 Å². The third-order valence-electron chi connectivity index (χ3n) is 6.68. The van der Waals surface area contributed by atoms with Gasteiger partial charge in [0, 0.05) is 18.3 Å². The molecule has 0 aliphatic heterocycles. The second-order valence-corrected chi connectivity index (χ2v) is 9.76. The molecule has 1 amide bonds. The van der Waals surface area contributed by atoms with Crippen molar-refractivity contribution in [2.45, 2.75) is 6.92 Å². The molecule has 0 fully saturated rings. The van der Waals surface area contributed by atoms with E-state index in [-0.39, 0.29) is 11.4 Å². The first kappa shape index (κ1) is 34.2. The zero-order valence-electron chi connectivity index (χ0n) is 24.5. The molecule has 0 heterocycles. The third-order valence-corrected chi connectivity index (χ3v) is 6.68. The summed E-state index contributed by atoms with van der Waals surface area (Å²) in [5, 5.41) is 71.5. The van der Waals surface area contributed by atoms with Crippen molar-refractivity contribution in [1.82, 2.24) is 0 Å². The minimum absolute atomic E-state index is 0.0189. The van der Waals surface area contributed by atoms with Gasteiger partial charge < -0.3 is 5.32 Å². The number of amides is 1. The molecule has 0 aliphatic carbocycles. The summed E-state index contributed by atoms with van der Waals surface area (Å²) in [7, 11) is 0. The number of hydrogen-bond acceptors (Lipinski definition) is 14. The van der Waals surface area contributed by atoms with E-state index in [1.165, 1.54) is 36.4 Å². The lowest BCUT2D eigenvalue weighted by Gasteiger charge is -2.21. The minimum Gasteiger partial charge on any atom is -0.344 e. The number of non-ortho nitro benzene ring substituents is 2. The first-order valence-electron chi connectivity index (χ1n) is 13.3. The minimum atomic E-state index is -1.07. The highest BCUT2D eigenvalue weighted by Crippen LogP contribution is 2.44. The van der Waals surface area contributed by atoms with Crippen LogP contribution in [0.5, 0.6) is 0 Å². The van der Waals surface area contributed by atoms with Gasteiger partial charge in [-0.2, -0.15) is 0 Å². The van der Waals surface area contributed by atoms with Gasteiger partial charge in [-0.05, 0) is 35.4 Å². The molecule has 0 bridgehead atoms. The van der Waals surface area contributed by atoms with Crippen LogP contribution in [0.4, 0.5) is 56.9 Å². The summed E-state index contributed by atoms with van der Waals surface area (Å²) in [5.41, 5.74) is -5.64. The lowest BCUT2D eigenvalue weighted by atomic mass is 10.1. The zero-order valence-corrected chi connectivity index (χ0v) is 24.5. The van der Waals surface area contributed by atoms with Crippen molar-refractivity contribution in [3.63, 3.8) is 0 Å². The quantitative estimate of drug-likeness (QED) is 0.0925. The van der Waals surface area contributed by atoms with Gasteiger partial charge in [0.25, 0.3) is 11.4 Å². The first-order valence-corrected chi connectivity index (χ1v) is 13.3. The molecular formula is C28H18N8O13. The summed E-state index contributed by atoms with van der Waals surface area (Å²) >= 11 is 0. The number of carbonyl (C=O) groups is 1. The summed E-state index contributed by atoms with van der Waals surface area (Å²) in [6, 6.07) is 13.8. The molecular weight excluding hydrogens is 656 g/mol. The fraction of sp³-hybridized carbons (Fsp3) is 0.0357. The van der Waals surface area contributed by atoms with Gasteiger partial charge >= 0.3 is 22.7 Å². The van der Waals surface area contributed by atoms with E-state index < -0.39 is 80.9 Å². The fourth-order valence-corrected chi connectivity index (χ4v) is 4.54. The Balaban J connectivity index is 1.61.